The predicted octanol–water partition coefficient (Wildman–Crippen LogP) is 3.06. The Morgan fingerprint density at radius 2 is 2.24 bits per heavy atom. The second-order valence-corrected chi connectivity index (χ2v) is 5.65. The molecule has 0 aliphatic carbocycles. The molecule has 0 N–H and O–H groups in total. The van der Waals surface area contributed by atoms with E-state index < -0.39 is 11.8 Å². The molecule has 0 saturated heterocycles. The molecule has 25 heavy (non-hydrogen) atoms. The normalized spacial score (nSPS) is 13.7. The van der Waals surface area contributed by atoms with E-state index in [1.54, 1.807) is 34.9 Å². The van der Waals surface area contributed by atoms with Crippen molar-refractivity contribution in [2.24, 2.45) is 12.1 Å². The number of aryl methyl sites for hydroxylation is 1. The molecule has 6 nitrogen and oxygen atoms in total. The lowest BCUT2D eigenvalue weighted by Gasteiger charge is -2.19. The lowest BCUT2D eigenvalue weighted by molar-refractivity contribution is 0.0521. The third-order valence-electron chi connectivity index (χ3n) is 3.77. The highest BCUT2D eigenvalue weighted by atomic mass is 19.1. The number of halogens is 1. The Hall–Kier alpha value is -2.96. The van der Waals surface area contributed by atoms with Crippen molar-refractivity contribution in [2.75, 3.05) is 11.6 Å². The molecular weight excluding hydrogens is 323 g/mol. The monoisotopic (exact) mass is 342 g/mol. The van der Waals surface area contributed by atoms with Gasteiger partial charge in [-0.2, -0.15) is 10.2 Å². The van der Waals surface area contributed by atoms with Gasteiger partial charge in [-0.15, -0.1) is 0 Å². The number of aromatic nitrogens is 2. The molecule has 1 aromatic heterocycles. The fourth-order valence-electron chi connectivity index (χ4n) is 2.60. The zero-order chi connectivity index (χ0) is 17.8. The lowest BCUT2D eigenvalue weighted by atomic mass is 10.0. The number of carbonyl (C=O) groups excluding carboxylic acids is 1. The maximum Gasteiger partial charge on any atom is 0.341 e. The quantitative estimate of drug-likeness (QED) is 0.784. The number of anilines is 1. The molecule has 0 bridgehead atoms. The minimum absolute atomic E-state index is 0.0459. The van der Waals surface area contributed by atoms with Crippen LogP contribution in [0.15, 0.2) is 48.0 Å². The van der Waals surface area contributed by atoms with E-state index in [-0.39, 0.29) is 12.2 Å². The number of carbonyl (C=O) groups is 1. The molecule has 1 aliphatic heterocycles. The van der Waals surface area contributed by atoms with Crippen LogP contribution in [-0.4, -0.2) is 28.1 Å². The Bertz CT molecular complexity index is 841. The van der Waals surface area contributed by atoms with E-state index in [9.17, 15) is 9.18 Å². The topological polar surface area (TPSA) is 59.7 Å². The number of rotatable bonds is 5. The number of hydrogen-bond acceptors (Lipinski definition) is 5. The Morgan fingerprint density at radius 1 is 1.40 bits per heavy atom. The molecule has 0 radical (unpaired) electrons. The molecule has 3 rings (SSSR count). The smallest absolute Gasteiger partial charge is 0.341 e. The molecule has 0 unspecified atom stereocenters. The van der Waals surface area contributed by atoms with Gasteiger partial charge in [0.05, 0.1) is 24.6 Å². The van der Waals surface area contributed by atoms with Gasteiger partial charge in [0.25, 0.3) is 0 Å². The number of nitrogens with zero attached hydrogens (tertiary/aromatic N) is 4. The third-order valence-corrected chi connectivity index (χ3v) is 3.77. The second kappa shape index (κ2) is 7.29. The van der Waals surface area contributed by atoms with E-state index in [1.807, 2.05) is 25.5 Å². The molecule has 0 fully saturated rings. The van der Waals surface area contributed by atoms with E-state index in [4.69, 9.17) is 4.74 Å². The summed E-state index contributed by atoms with van der Waals surface area (Å²) in [6.07, 6.45) is 8.31. The van der Waals surface area contributed by atoms with Crippen molar-refractivity contribution >= 4 is 17.4 Å². The summed E-state index contributed by atoms with van der Waals surface area (Å²) in [7, 11) is 1.83. The molecule has 0 amide bonds. The van der Waals surface area contributed by atoms with Gasteiger partial charge in [0.2, 0.25) is 0 Å². The van der Waals surface area contributed by atoms with Gasteiger partial charge in [-0.25, -0.2) is 14.2 Å². The number of esters is 1. The second-order valence-electron chi connectivity index (χ2n) is 5.65. The summed E-state index contributed by atoms with van der Waals surface area (Å²) in [5, 5.41) is 10.4. The van der Waals surface area contributed by atoms with Crippen LogP contribution in [0.25, 0.3) is 0 Å². The highest BCUT2D eigenvalue weighted by molar-refractivity contribution is 5.92. The number of ether oxygens (including phenoxy) is 1. The number of hydrogen-bond donors (Lipinski definition) is 0. The van der Waals surface area contributed by atoms with E-state index in [0.717, 1.165) is 11.4 Å². The maximum atomic E-state index is 14.6. The molecule has 1 aliphatic rings. The molecule has 7 heteroatoms. The van der Waals surface area contributed by atoms with Crippen molar-refractivity contribution in [1.82, 2.24) is 9.78 Å². The zero-order valence-corrected chi connectivity index (χ0v) is 14.1. The molecule has 2 heterocycles. The summed E-state index contributed by atoms with van der Waals surface area (Å²) in [6.45, 7) is 1.90. The minimum atomic E-state index is -0.649. The van der Waals surface area contributed by atoms with Crippen LogP contribution in [0.5, 0.6) is 0 Å². The van der Waals surface area contributed by atoms with E-state index in [2.05, 4.69) is 10.2 Å². The van der Waals surface area contributed by atoms with Gasteiger partial charge in [-0.1, -0.05) is 18.2 Å². The Morgan fingerprint density at radius 3 is 2.96 bits per heavy atom. The Balaban J connectivity index is 1.81. The van der Waals surface area contributed by atoms with E-state index >= 15 is 0 Å². The van der Waals surface area contributed by atoms with Crippen molar-refractivity contribution in [3.05, 3.63) is 59.8 Å². The van der Waals surface area contributed by atoms with Crippen LogP contribution in [0.4, 0.5) is 10.1 Å². The minimum Gasteiger partial charge on any atom is -0.462 e. The van der Waals surface area contributed by atoms with Crippen molar-refractivity contribution in [3.63, 3.8) is 0 Å². The molecule has 0 saturated carbocycles. The first-order valence-corrected chi connectivity index (χ1v) is 8.04. The maximum absolute atomic E-state index is 14.6. The zero-order valence-electron chi connectivity index (χ0n) is 14.1. The summed E-state index contributed by atoms with van der Waals surface area (Å²) in [6, 6.07) is 4.75. The van der Waals surface area contributed by atoms with Gasteiger partial charge in [0.1, 0.15) is 11.5 Å². The van der Waals surface area contributed by atoms with E-state index in [1.165, 1.54) is 6.07 Å². The van der Waals surface area contributed by atoms with Crippen LogP contribution in [0.3, 0.4) is 0 Å². The van der Waals surface area contributed by atoms with Crippen LogP contribution < -0.4 is 5.01 Å². The van der Waals surface area contributed by atoms with Gasteiger partial charge in [0.15, 0.2) is 0 Å². The average Bonchev–Trinajstić information content (AvgIpc) is 3.04. The fraction of sp³-hybridized carbons (Fsp3) is 0.278. The first-order chi connectivity index (χ1) is 12.1. The summed E-state index contributed by atoms with van der Waals surface area (Å²) < 4.78 is 21.2. The van der Waals surface area contributed by atoms with Crippen LogP contribution in [0.1, 0.15) is 29.3 Å². The number of benzene rings is 1. The summed E-state index contributed by atoms with van der Waals surface area (Å²) >= 11 is 0. The van der Waals surface area contributed by atoms with Crippen molar-refractivity contribution in [3.8, 4) is 0 Å². The Kier molecular flexibility index (Phi) is 4.92. The van der Waals surface area contributed by atoms with Crippen LogP contribution in [0.2, 0.25) is 0 Å². The number of allylic oxidation sites excluding steroid dienone is 1. The molecule has 0 spiro atoms. The molecular formula is C18H19FN4O2. The molecule has 1 aromatic carbocycles. The van der Waals surface area contributed by atoms with E-state index in [0.29, 0.717) is 18.4 Å². The van der Waals surface area contributed by atoms with Gasteiger partial charge in [-0.3, -0.25) is 4.68 Å². The highest BCUT2D eigenvalue weighted by Gasteiger charge is 2.18. The number of hydrazone groups is 1. The van der Waals surface area contributed by atoms with Crippen LogP contribution in [-0.2, 0) is 18.2 Å². The predicted molar refractivity (Wildman–Crippen MR) is 92.9 cm³/mol. The highest BCUT2D eigenvalue weighted by Crippen LogP contribution is 2.20. The Labute approximate surface area is 145 Å². The van der Waals surface area contributed by atoms with Crippen LogP contribution in [0, 0.1) is 5.82 Å². The summed E-state index contributed by atoms with van der Waals surface area (Å²) in [5.41, 5.74) is 2.00. The van der Waals surface area contributed by atoms with Gasteiger partial charge in [-0.05, 0) is 18.6 Å². The van der Waals surface area contributed by atoms with Gasteiger partial charge in [0, 0.05) is 31.8 Å². The lowest BCUT2D eigenvalue weighted by Crippen LogP contribution is -2.18. The average molecular weight is 342 g/mol. The standard InChI is InChI=1S/C18H19FN4O2/c1-3-25-18(24)16-8-4-6-13(17(16)19)10-14-7-5-9-23(21-14)15-11-20-22(2)12-15/h4-6,8-9,11-12H,3,7,10H2,1-2H3. The SMILES string of the molecule is CCOC(=O)c1cccc(CC2=NN(c3cnn(C)c3)C=CC2)c1F. The van der Waals surface area contributed by atoms with Crippen molar-refractivity contribution in [2.45, 2.75) is 19.8 Å². The summed E-state index contributed by atoms with van der Waals surface area (Å²) in [5.74, 6) is -1.20. The van der Waals surface area contributed by atoms with Gasteiger partial charge < -0.3 is 4.74 Å². The molecule has 130 valence electrons. The van der Waals surface area contributed by atoms with Gasteiger partial charge >= 0.3 is 5.97 Å². The molecule has 2 aromatic rings. The van der Waals surface area contributed by atoms with Crippen LogP contribution >= 0.6 is 0 Å². The van der Waals surface area contributed by atoms with Crippen molar-refractivity contribution < 1.29 is 13.9 Å². The first kappa shape index (κ1) is 16.9. The third kappa shape index (κ3) is 3.76. The van der Waals surface area contributed by atoms with Crippen molar-refractivity contribution in [1.29, 1.82) is 0 Å². The summed E-state index contributed by atoms with van der Waals surface area (Å²) in [4.78, 5) is 11.8. The first-order valence-electron chi connectivity index (χ1n) is 8.04. The largest absolute Gasteiger partial charge is 0.462 e. The molecule has 0 atom stereocenters. The fourth-order valence-corrected chi connectivity index (χ4v) is 2.60.